The summed E-state index contributed by atoms with van der Waals surface area (Å²) in [5.41, 5.74) is 4.07. The molecule has 35 heavy (non-hydrogen) atoms. The highest BCUT2D eigenvalue weighted by Crippen LogP contribution is 2.34. The van der Waals surface area contributed by atoms with Crippen molar-refractivity contribution in [2.45, 2.75) is 13.0 Å². The third kappa shape index (κ3) is 4.47. The molecule has 0 saturated carbocycles. The molecule has 1 N–H and O–H groups in total. The summed E-state index contributed by atoms with van der Waals surface area (Å²) in [6.45, 7) is 4.70. The fourth-order valence-corrected chi connectivity index (χ4v) is 5.63. The molecular weight excluding hydrogens is 481 g/mol. The zero-order valence-electron chi connectivity index (χ0n) is 19.4. The molecule has 2 amide bonds. The maximum absolute atomic E-state index is 13.4. The Kier molecular flexibility index (Phi) is 6.65. The van der Waals surface area contributed by atoms with Gasteiger partial charge in [0, 0.05) is 16.1 Å². The molecule has 2 heterocycles. The van der Waals surface area contributed by atoms with E-state index in [1.54, 1.807) is 18.2 Å². The van der Waals surface area contributed by atoms with Crippen LogP contribution in [-0.2, 0) is 9.59 Å². The number of imide groups is 1. The zero-order chi connectivity index (χ0) is 24.5. The molecular formula is C28H26Cl2N3O2+. The Morgan fingerprint density at radius 2 is 1.37 bits per heavy atom. The molecule has 0 bridgehead atoms. The first kappa shape index (κ1) is 23.6. The average molecular weight is 507 g/mol. The molecule has 2 aliphatic heterocycles. The van der Waals surface area contributed by atoms with Crippen molar-refractivity contribution in [3.63, 3.8) is 0 Å². The highest BCUT2D eigenvalue weighted by molar-refractivity contribution is 6.52. The van der Waals surface area contributed by atoms with E-state index < -0.39 is 5.91 Å². The minimum Gasteiger partial charge on any atom is -0.354 e. The van der Waals surface area contributed by atoms with E-state index in [2.05, 4.69) is 48.5 Å². The fraction of sp³-hybridized carbons (Fsp3) is 0.214. The number of quaternary nitrogens is 1. The number of nitrogens with one attached hydrogen (secondary N) is 1. The van der Waals surface area contributed by atoms with Crippen LogP contribution in [0.15, 0.2) is 89.6 Å². The average Bonchev–Trinajstić information content (AvgIpc) is 3.09. The van der Waals surface area contributed by atoms with Gasteiger partial charge in [0.2, 0.25) is 0 Å². The van der Waals surface area contributed by atoms with Crippen LogP contribution in [0.4, 0.5) is 5.69 Å². The number of rotatable bonds is 5. The summed E-state index contributed by atoms with van der Waals surface area (Å²) in [6, 6.07) is 26.3. The standard InChI is InChI=1S/C28H25Cl2N3O2/c1-19-18-22(29)12-13-23(19)33-27(34)24(30)26(28(33)35)32-16-14-31(15-17-32)25(20-8-4-2-5-9-20)21-10-6-3-7-11-21/h2-13,18,25H,14-17H2,1H3/p+1. The number of halogens is 2. The molecule has 0 aliphatic carbocycles. The van der Waals surface area contributed by atoms with Gasteiger partial charge < -0.3 is 9.80 Å². The predicted octanol–water partition coefficient (Wildman–Crippen LogP) is 3.96. The number of aryl methyl sites for hydroxylation is 1. The van der Waals surface area contributed by atoms with Crippen molar-refractivity contribution in [1.29, 1.82) is 0 Å². The predicted molar refractivity (Wildman–Crippen MR) is 139 cm³/mol. The van der Waals surface area contributed by atoms with Gasteiger partial charge in [-0.15, -0.1) is 0 Å². The first-order valence-corrected chi connectivity index (χ1v) is 12.5. The minimum atomic E-state index is -0.488. The Morgan fingerprint density at radius 3 is 1.91 bits per heavy atom. The molecule has 7 heteroatoms. The SMILES string of the molecule is Cc1cc(Cl)ccc1N1C(=O)C(Cl)=C(N2CC[NH+](C(c3ccccc3)c3ccccc3)CC2)C1=O. The second-order valence-corrected chi connectivity index (χ2v) is 9.75. The Balaban J connectivity index is 1.37. The van der Waals surface area contributed by atoms with Crippen LogP contribution >= 0.6 is 23.2 Å². The third-order valence-corrected chi connectivity index (χ3v) is 7.38. The normalized spacial score (nSPS) is 17.1. The second-order valence-electron chi connectivity index (χ2n) is 8.94. The van der Waals surface area contributed by atoms with E-state index in [9.17, 15) is 9.59 Å². The number of anilines is 1. The summed E-state index contributed by atoms with van der Waals surface area (Å²) in [5, 5.41) is 0.533. The third-order valence-electron chi connectivity index (χ3n) is 6.80. The van der Waals surface area contributed by atoms with Crippen LogP contribution in [-0.4, -0.2) is 42.9 Å². The summed E-state index contributed by atoms with van der Waals surface area (Å²) >= 11 is 12.5. The molecule has 2 aliphatic rings. The van der Waals surface area contributed by atoms with E-state index in [1.807, 2.05) is 24.0 Å². The summed E-state index contributed by atoms with van der Waals surface area (Å²) in [4.78, 5) is 30.9. The quantitative estimate of drug-likeness (QED) is 0.532. The molecule has 5 nitrogen and oxygen atoms in total. The number of carbonyl (C=O) groups is 2. The molecule has 1 saturated heterocycles. The largest absolute Gasteiger partial charge is 0.354 e. The lowest BCUT2D eigenvalue weighted by atomic mass is 9.96. The second kappa shape index (κ2) is 9.86. The fourth-order valence-electron chi connectivity index (χ4n) is 5.12. The topological polar surface area (TPSA) is 45.1 Å². The maximum atomic E-state index is 13.4. The summed E-state index contributed by atoms with van der Waals surface area (Å²) in [5.74, 6) is -0.866. The number of hydrogen-bond donors (Lipinski definition) is 1. The van der Waals surface area contributed by atoms with Crippen LogP contribution in [0.3, 0.4) is 0 Å². The molecule has 5 rings (SSSR count). The van der Waals surface area contributed by atoms with Gasteiger partial charge in [-0.25, -0.2) is 4.90 Å². The molecule has 0 spiro atoms. The molecule has 3 aromatic rings. The van der Waals surface area contributed by atoms with E-state index in [1.165, 1.54) is 20.9 Å². The lowest BCUT2D eigenvalue weighted by Gasteiger charge is -2.38. The number of benzene rings is 3. The zero-order valence-corrected chi connectivity index (χ0v) is 20.9. The minimum absolute atomic E-state index is 0.0181. The van der Waals surface area contributed by atoms with Crippen LogP contribution in [0.1, 0.15) is 22.7 Å². The van der Waals surface area contributed by atoms with Gasteiger partial charge in [0.05, 0.1) is 31.9 Å². The molecule has 0 aromatic heterocycles. The lowest BCUT2D eigenvalue weighted by Crippen LogP contribution is -3.15. The highest BCUT2D eigenvalue weighted by atomic mass is 35.5. The van der Waals surface area contributed by atoms with Gasteiger partial charge in [0.25, 0.3) is 11.8 Å². The smallest absolute Gasteiger partial charge is 0.283 e. The van der Waals surface area contributed by atoms with Crippen molar-refractivity contribution in [3.8, 4) is 0 Å². The number of piperazine rings is 1. The van der Waals surface area contributed by atoms with Gasteiger partial charge in [-0.05, 0) is 30.7 Å². The maximum Gasteiger partial charge on any atom is 0.283 e. The van der Waals surface area contributed by atoms with Gasteiger partial charge in [-0.3, -0.25) is 9.59 Å². The summed E-state index contributed by atoms with van der Waals surface area (Å²) in [7, 11) is 0. The van der Waals surface area contributed by atoms with Gasteiger partial charge in [0.1, 0.15) is 16.8 Å². The van der Waals surface area contributed by atoms with Crippen molar-refractivity contribution in [1.82, 2.24) is 4.90 Å². The molecule has 178 valence electrons. The lowest BCUT2D eigenvalue weighted by molar-refractivity contribution is -0.929. The number of amides is 2. The van der Waals surface area contributed by atoms with E-state index in [0.29, 0.717) is 29.5 Å². The van der Waals surface area contributed by atoms with E-state index >= 15 is 0 Å². The number of nitrogens with zero attached hydrogens (tertiary/aromatic N) is 2. The van der Waals surface area contributed by atoms with Gasteiger partial charge in [-0.2, -0.15) is 0 Å². The number of hydrogen-bond acceptors (Lipinski definition) is 3. The Labute approximate surface area is 215 Å². The van der Waals surface area contributed by atoms with Crippen LogP contribution < -0.4 is 9.80 Å². The van der Waals surface area contributed by atoms with Crippen molar-refractivity contribution in [3.05, 3.63) is 111 Å². The van der Waals surface area contributed by atoms with Crippen LogP contribution in [0.25, 0.3) is 0 Å². The Bertz CT molecular complexity index is 1250. The first-order valence-electron chi connectivity index (χ1n) is 11.7. The monoisotopic (exact) mass is 506 g/mol. The summed E-state index contributed by atoms with van der Waals surface area (Å²) < 4.78 is 0. The van der Waals surface area contributed by atoms with Crippen LogP contribution in [0, 0.1) is 6.92 Å². The van der Waals surface area contributed by atoms with Crippen molar-refractivity contribution in [2.75, 3.05) is 31.1 Å². The van der Waals surface area contributed by atoms with E-state index in [-0.39, 0.29) is 17.0 Å². The molecule has 0 unspecified atom stereocenters. The first-order chi connectivity index (χ1) is 17.0. The van der Waals surface area contributed by atoms with Crippen molar-refractivity contribution >= 4 is 40.7 Å². The van der Waals surface area contributed by atoms with Crippen molar-refractivity contribution in [2.24, 2.45) is 0 Å². The Hall–Kier alpha value is -3.12. The van der Waals surface area contributed by atoms with Crippen LogP contribution in [0.2, 0.25) is 5.02 Å². The molecule has 3 aromatic carbocycles. The van der Waals surface area contributed by atoms with Crippen molar-refractivity contribution < 1.29 is 14.5 Å². The highest BCUT2D eigenvalue weighted by Gasteiger charge is 2.43. The van der Waals surface area contributed by atoms with Crippen LogP contribution in [0.5, 0.6) is 0 Å². The van der Waals surface area contributed by atoms with Gasteiger partial charge >= 0.3 is 0 Å². The van der Waals surface area contributed by atoms with Gasteiger partial charge in [-0.1, -0.05) is 83.9 Å². The van der Waals surface area contributed by atoms with E-state index in [4.69, 9.17) is 23.2 Å². The molecule has 0 atom stereocenters. The number of carbonyl (C=O) groups excluding carboxylic acids is 2. The Morgan fingerprint density at radius 1 is 0.800 bits per heavy atom. The summed E-state index contributed by atoms with van der Waals surface area (Å²) in [6.07, 6.45) is 0. The molecule has 1 fully saturated rings. The van der Waals surface area contributed by atoms with Gasteiger partial charge in [0.15, 0.2) is 0 Å². The van der Waals surface area contributed by atoms with E-state index in [0.717, 1.165) is 18.7 Å². The molecule has 0 radical (unpaired) electrons.